The maximum atomic E-state index is 5.45. The minimum atomic E-state index is 0.305. The lowest BCUT2D eigenvalue weighted by atomic mass is 10.3. The molecule has 0 bridgehead atoms. The van der Waals surface area contributed by atoms with Gasteiger partial charge in [-0.1, -0.05) is 17.3 Å². The third-order valence-corrected chi connectivity index (χ3v) is 2.26. The van der Waals surface area contributed by atoms with Crippen molar-refractivity contribution in [1.82, 2.24) is 10.1 Å². The van der Waals surface area contributed by atoms with E-state index in [0.29, 0.717) is 12.4 Å². The molecule has 14 heavy (non-hydrogen) atoms. The van der Waals surface area contributed by atoms with Gasteiger partial charge >= 0.3 is 0 Å². The van der Waals surface area contributed by atoms with Crippen LogP contribution in [0.5, 0.6) is 5.75 Å². The van der Waals surface area contributed by atoms with Crippen molar-refractivity contribution in [3.8, 4) is 5.75 Å². The van der Waals surface area contributed by atoms with Gasteiger partial charge in [0.25, 0.3) is 0 Å². The van der Waals surface area contributed by atoms with E-state index >= 15 is 0 Å². The van der Waals surface area contributed by atoms with Crippen LogP contribution in [0.25, 0.3) is 0 Å². The third kappa shape index (κ3) is 2.11. The fourth-order valence-electron chi connectivity index (χ4n) is 0.960. The lowest BCUT2D eigenvalue weighted by Gasteiger charge is -2.04. The molecule has 72 valence electrons. The van der Waals surface area contributed by atoms with E-state index in [2.05, 4.69) is 30.6 Å². The van der Waals surface area contributed by atoms with Crippen molar-refractivity contribution >= 4 is 15.9 Å². The number of rotatable bonds is 3. The molecule has 1 aromatic heterocycles. The van der Waals surface area contributed by atoms with Gasteiger partial charge in [-0.2, -0.15) is 4.98 Å². The molecule has 0 saturated carbocycles. The average molecular weight is 255 g/mol. The van der Waals surface area contributed by atoms with Crippen LogP contribution in [0, 0.1) is 0 Å². The van der Waals surface area contributed by atoms with Crippen LogP contribution in [0.2, 0.25) is 0 Å². The largest absolute Gasteiger partial charge is 0.484 e. The van der Waals surface area contributed by atoms with Gasteiger partial charge in [0.1, 0.15) is 5.75 Å². The van der Waals surface area contributed by atoms with Crippen molar-refractivity contribution in [2.45, 2.75) is 6.61 Å². The third-order valence-electron chi connectivity index (χ3n) is 1.60. The smallest absolute Gasteiger partial charge is 0.213 e. The molecule has 0 radical (unpaired) electrons. The molecule has 0 spiro atoms. The first-order valence-electron chi connectivity index (χ1n) is 3.99. The molecule has 0 aliphatic heterocycles. The molecule has 0 aliphatic rings. The number of hydrogen-bond acceptors (Lipinski definition) is 4. The van der Waals surface area contributed by atoms with Gasteiger partial charge in [0.05, 0.1) is 4.47 Å². The molecule has 1 aromatic carbocycles. The van der Waals surface area contributed by atoms with Crippen LogP contribution in [0.3, 0.4) is 0 Å². The quantitative estimate of drug-likeness (QED) is 0.844. The Morgan fingerprint density at radius 2 is 2.21 bits per heavy atom. The van der Waals surface area contributed by atoms with Gasteiger partial charge in [-0.3, -0.25) is 0 Å². The number of para-hydroxylation sites is 1. The second-order valence-corrected chi connectivity index (χ2v) is 3.42. The molecule has 0 saturated heterocycles. The van der Waals surface area contributed by atoms with Crippen molar-refractivity contribution in [2.75, 3.05) is 0 Å². The number of nitrogens with zero attached hydrogens (tertiary/aromatic N) is 2. The van der Waals surface area contributed by atoms with Crippen molar-refractivity contribution in [1.29, 1.82) is 0 Å². The Bertz CT molecular complexity index is 403. The first-order valence-corrected chi connectivity index (χ1v) is 4.78. The number of halogens is 1. The van der Waals surface area contributed by atoms with Gasteiger partial charge < -0.3 is 9.26 Å². The standard InChI is InChI=1S/C9H7BrN2O2/c10-7-3-1-2-4-8(7)13-5-9-11-6-14-12-9/h1-4,6H,5H2. The highest BCUT2D eigenvalue weighted by Gasteiger charge is 2.02. The number of hydrogen-bond donors (Lipinski definition) is 0. The van der Waals surface area contributed by atoms with Crippen molar-refractivity contribution in [3.63, 3.8) is 0 Å². The summed E-state index contributed by atoms with van der Waals surface area (Å²) in [6.45, 7) is 0.305. The Morgan fingerprint density at radius 1 is 1.36 bits per heavy atom. The summed E-state index contributed by atoms with van der Waals surface area (Å²) >= 11 is 3.37. The lowest BCUT2D eigenvalue weighted by molar-refractivity contribution is 0.285. The SMILES string of the molecule is Brc1ccccc1OCc1ncon1. The highest BCUT2D eigenvalue weighted by atomic mass is 79.9. The lowest BCUT2D eigenvalue weighted by Crippen LogP contribution is -1.97. The summed E-state index contributed by atoms with van der Waals surface area (Å²) in [5, 5.41) is 3.63. The fourth-order valence-corrected chi connectivity index (χ4v) is 1.36. The predicted molar refractivity (Wildman–Crippen MR) is 52.8 cm³/mol. The zero-order valence-corrected chi connectivity index (χ0v) is 8.77. The van der Waals surface area contributed by atoms with Crippen LogP contribution in [0.15, 0.2) is 39.7 Å². The maximum absolute atomic E-state index is 5.45. The molecule has 0 amide bonds. The minimum Gasteiger partial charge on any atom is -0.484 e. The highest BCUT2D eigenvalue weighted by Crippen LogP contribution is 2.24. The second-order valence-electron chi connectivity index (χ2n) is 2.57. The van der Waals surface area contributed by atoms with Gasteiger partial charge in [-0.05, 0) is 28.1 Å². The maximum Gasteiger partial charge on any atom is 0.213 e. The Kier molecular flexibility index (Phi) is 2.78. The van der Waals surface area contributed by atoms with Gasteiger partial charge in [0.2, 0.25) is 12.2 Å². The van der Waals surface area contributed by atoms with Gasteiger partial charge in [-0.15, -0.1) is 0 Å². The van der Waals surface area contributed by atoms with Crippen LogP contribution in [0.4, 0.5) is 0 Å². The van der Waals surface area contributed by atoms with Gasteiger partial charge in [0.15, 0.2) is 6.61 Å². The van der Waals surface area contributed by atoms with E-state index in [4.69, 9.17) is 4.74 Å². The Hall–Kier alpha value is -1.36. The molecule has 0 unspecified atom stereocenters. The second kappa shape index (κ2) is 4.23. The number of benzene rings is 1. The van der Waals surface area contributed by atoms with Crippen molar-refractivity contribution < 1.29 is 9.26 Å². The van der Waals surface area contributed by atoms with E-state index in [0.717, 1.165) is 10.2 Å². The Labute approximate surface area is 89.0 Å². The summed E-state index contributed by atoms with van der Waals surface area (Å²) in [4.78, 5) is 3.84. The molecular formula is C9H7BrN2O2. The van der Waals surface area contributed by atoms with E-state index in [1.807, 2.05) is 24.3 Å². The zero-order valence-electron chi connectivity index (χ0n) is 7.18. The van der Waals surface area contributed by atoms with Crippen molar-refractivity contribution in [2.24, 2.45) is 0 Å². The molecule has 5 heteroatoms. The topological polar surface area (TPSA) is 48.2 Å². The summed E-state index contributed by atoms with van der Waals surface area (Å²) in [5.74, 6) is 1.29. The predicted octanol–water partition coefficient (Wildman–Crippen LogP) is 2.41. The van der Waals surface area contributed by atoms with E-state index in [-0.39, 0.29) is 0 Å². The molecule has 2 aromatic rings. The summed E-state index contributed by atoms with van der Waals surface area (Å²) in [6.07, 6.45) is 1.28. The monoisotopic (exact) mass is 254 g/mol. The van der Waals surface area contributed by atoms with Crippen LogP contribution in [0.1, 0.15) is 5.82 Å². The van der Waals surface area contributed by atoms with Crippen molar-refractivity contribution in [3.05, 3.63) is 41.0 Å². The van der Waals surface area contributed by atoms with E-state index in [1.165, 1.54) is 6.39 Å². The normalized spacial score (nSPS) is 10.1. The fraction of sp³-hybridized carbons (Fsp3) is 0.111. The minimum absolute atomic E-state index is 0.305. The molecule has 4 nitrogen and oxygen atoms in total. The highest BCUT2D eigenvalue weighted by molar-refractivity contribution is 9.10. The molecular weight excluding hydrogens is 248 g/mol. The van der Waals surface area contributed by atoms with Crippen LogP contribution in [-0.4, -0.2) is 10.1 Å². The number of aromatic nitrogens is 2. The summed E-state index contributed by atoms with van der Waals surface area (Å²) in [6, 6.07) is 7.59. The van der Waals surface area contributed by atoms with Crippen LogP contribution < -0.4 is 4.74 Å². The van der Waals surface area contributed by atoms with E-state index < -0.39 is 0 Å². The first-order chi connectivity index (χ1) is 6.86. The number of ether oxygens (including phenoxy) is 1. The molecule has 0 aliphatic carbocycles. The Morgan fingerprint density at radius 3 is 2.93 bits per heavy atom. The van der Waals surface area contributed by atoms with E-state index in [1.54, 1.807) is 0 Å². The molecule has 0 fully saturated rings. The average Bonchev–Trinajstić information content (AvgIpc) is 2.69. The van der Waals surface area contributed by atoms with Crippen LogP contribution >= 0.6 is 15.9 Å². The molecule has 0 N–H and O–H groups in total. The summed E-state index contributed by atoms with van der Waals surface area (Å²) < 4.78 is 10.9. The van der Waals surface area contributed by atoms with E-state index in [9.17, 15) is 0 Å². The molecule has 2 rings (SSSR count). The summed E-state index contributed by atoms with van der Waals surface area (Å²) in [5.41, 5.74) is 0. The summed E-state index contributed by atoms with van der Waals surface area (Å²) in [7, 11) is 0. The molecule has 1 heterocycles. The van der Waals surface area contributed by atoms with Gasteiger partial charge in [-0.25, -0.2) is 0 Å². The first kappa shape index (κ1) is 9.21. The molecule has 0 atom stereocenters. The zero-order chi connectivity index (χ0) is 9.80. The van der Waals surface area contributed by atoms with Crippen LogP contribution in [-0.2, 0) is 6.61 Å². The van der Waals surface area contributed by atoms with Gasteiger partial charge in [0, 0.05) is 0 Å². The Balaban J connectivity index is 2.02.